The van der Waals surface area contributed by atoms with Crippen molar-refractivity contribution in [1.82, 2.24) is 15.6 Å². The van der Waals surface area contributed by atoms with E-state index in [9.17, 15) is 23.5 Å². The molecule has 4 N–H and O–H groups in total. The van der Waals surface area contributed by atoms with Crippen molar-refractivity contribution >= 4 is 22.7 Å². The van der Waals surface area contributed by atoms with Gasteiger partial charge in [0.05, 0.1) is 18.3 Å². The average molecular weight is 534 g/mol. The van der Waals surface area contributed by atoms with Crippen LogP contribution >= 0.6 is 0 Å². The van der Waals surface area contributed by atoms with E-state index in [1.54, 1.807) is 24.4 Å². The Kier molecular flexibility index (Phi) is 7.60. The minimum Gasteiger partial charge on any atom is -0.492 e. The Morgan fingerprint density at radius 3 is 2.67 bits per heavy atom. The number of carbonyl (C=O) groups excluding carboxylic acids is 2. The molecule has 1 aromatic heterocycles. The number of H-pyrrole nitrogens is 1. The normalized spacial score (nSPS) is 13.7. The molecule has 5 rings (SSSR count). The van der Waals surface area contributed by atoms with Crippen molar-refractivity contribution < 1.29 is 28.2 Å². The number of aromatic nitrogens is 1. The maximum Gasteiger partial charge on any atom is 0.255 e. The Morgan fingerprint density at radius 2 is 1.85 bits per heavy atom. The molecule has 9 heteroatoms. The van der Waals surface area contributed by atoms with Gasteiger partial charge in [0, 0.05) is 41.8 Å². The molecule has 0 aliphatic carbocycles. The van der Waals surface area contributed by atoms with E-state index in [0.29, 0.717) is 51.9 Å². The van der Waals surface area contributed by atoms with Crippen LogP contribution in [0.25, 0.3) is 22.0 Å². The summed E-state index contributed by atoms with van der Waals surface area (Å²) in [5.41, 5.74) is 3.61. The monoisotopic (exact) mass is 533 g/mol. The van der Waals surface area contributed by atoms with Crippen molar-refractivity contribution in [2.75, 3.05) is 20.2 Å². The number of carbonyl (C=O) groups is 2. The third kappa shape index (κ3) is 5.63. The molecule has 1 unspecified atom stereocenters. The molecule has 0 fully saturated rings. The second-order valence-electron chi connectivity index (χ2n) is 9.62. The minimum absolute atomic E-state index is 0.174. The number of aliphatic hydroxyl groups excluding tert-OH is 1. The second-order valence-corrected chi connectivity index (χ2v) is 9.62. The summed E-state index contributed by atoms with van der Waals surface area (Å²) in [4.78, 5) is 28.5. The lowest BCUT2D eigenvalue weighted by Gasteiger charge is -2.17. The first kappa shape index (κ1) is 26.4. The molecule has 0 spiro atoms. The van der Waals surface area contributed by atoms with Gasteiger partial charge in [-0.2, -0.15) is 0 Å². The Hall–Kier alpha value is -4.24. The minimum atomic E-state index is -0.875. The van der Waals surface area contributed by atoms with Gasteiger partial charge in [0.1, 0.15) is 17.4 Å². The van der Waals surface area contributed by atoms with Gasteiger partial charge >= 0.3 is 0 Å². The van der Waals surface area contributed by atoms with E-state index in [4.69, 9.17) is 4.74 Å². The molecule has 202 valence electrons. The lowest BCUT2D eigenvalue weighted by atomic mass is 9.95. The molecule has 0 saturated heterocycles. The zero-order chi connectivity index (χ0) is 27.5. The summed E-state index contributed by atoms with van der Waals surface area (Å²) in [6, 6.07) is 11.9. The number of aromatic amines is 1. The van der Waals surface area contributed by atoms with Crippen LogP contribution in [0.15, 0.2) is 54.7 Å². The molecular weight excluding hydrogens is 504 g/mol. The molecule has 2 heterocycles. The molecular formula is C30H29F2N3O4. The van der Waals surface area contributed by atoms with Gasteiger partial charge in [0.25, 0.3) is 11.8 Å². The summed E-state index contributed by atoms with van der Waals surface area (Å²) in [6.45, 7) is 0.654. The van der Waals surface area contributed by atoms with Gasteiger partial charge < -0.3 is 25.5 Å². The summed E-state index contributed by atoms with van der Waals surface area (Å²) >= 11 is 0. The third-order valence-corrected chi connectivity index (χ3v) is 6.96. The predicted octanol–water partition coefficient (Wildman–Crippen LogP) is 5.04. The van der Waals surface area contributed by atoms with Crippen LogP contribution in [0.5, 0.6) is 5.75 Å². The number of amides is 2. The van der Waals surface area contributed by atoms with E-state index < -0.39 is 17.8 Å². The Morgan fingerprint density at radius 1 is 1.03 bits per heavy atom. The zero-order valence-corrected chi connectivity index (χ0v) is 21.4. The fraction of sp³-hybridized carbons (Fsp3) is 0.267. The van der Waals surface area contributed by atoms with Crippen molar-refractivity contribution in [3.63, 3.8) is 0 Å². The molecule has 0 saturated carbocycles. The first-order valence-corrected chi connectivity index (χ1v) is 12.9. The number of hydrogen-bond acceptors (Lipinski definition) is 4. The smallest absolute Gasteiger partial charge is 0.255 e. The lowest BCUT2D eigenvalue weighted by molar-refractivity contribution is 0.0936. The first-order chi connectivity index (χ1) is 18.8. The van der Waals surface area contributed by atoms with Crippen LogP contribution in [-0.4, -0.2) is 42.1 Å². The van der Waals surface area contributed by atoms with Crippen LogP contribution in [0.3, 0.4) is 0 Å². The van der Waals surface area contributed by atoms with E-state index in [1.165, 1.54) is 25.2 Å². The van der Waals surface area contributed by atoms with Crippen LogP contribution < -0.4 is 15.4 Å². The SMILES string of the molecule is CNC(=O)c1cc(F)cc(-c2cc3c(c(C(=O)NCCC(O)c4c[nH]c5cc(F)ccc45)c2)OCCCC3)c1. The van der Waals surface area contributed by atoms with Crippen LogP contribution in [0.2, 0.25) is 0 Å². The van der Waals surface area contributed by atoms with Gasteiger partial charge in [-0.05, 0) is 90.9 Å². The van der Waals surface area contributed by atoms with Gasteiger partial charge in [-0.15, -0.1) is 0 Å². The Balaban J connectivity index is 1.39. The summed E-state index contributed by atoms with van der Waals surface area (Å²) in [7, 11) is 1.48. The van der Waals surface area contributed by atoms with Crippen molar-refractivity contribution in [2.45, 2.75) is 31.8 Å². The summed E-state index contributed by atoms with van der Waals surface area (Å²) in [5.74, 6) is -1.23. The maximum absolute atomic E-state index is 14.4. The fourth-order valence-corrected chi connectivity index (χ4v) is 4.97. The zero-order valence-electron chi connectivity index (χ0n) is 21.4. The van der Waals surface area contributed by atoms with Crippen molar-refractivity contribution in [2.24, 2.45) is 0 Å². The topological polar surface area (TPSA) is 103 Å². The van der Waals surface area contributed by atoms with Crippen LogP contribution in [0.4, 0.5) is 8.78 Å². The molecule has 1 aliphatic heterocycles. The molecule has 1 atom stereocenters. The number of nitrogens with one attached hydrogen (secondary N) is 3. The maximum atomic E-state index is 14.4. The van der Waals surface area contributed by atoms with Gasteiger partial charge in [0.2, 0.25) is 0 Å². The number of benzene rings is 3. The summed E-state index contributed by atoms with van der Waals surface area (Å²) in [6.07, 6.45) is 3.41. The largest absolute Gasteiger partial charge is 0.492 e. The molecule has 0 bridgehead atoms. The molecule has 39 heavy (non-hydrogen) atoms. The van der Waals surface area contributed by atoms with Gasteiger partial charge in [-0.3, -0.25) is 9.59 Å². The Labute approximate surface area is 224 Å². The molecule has 4 aromatic rings. The highest BCUT2D eigenvalue weighted by molar-refractivity contribution is 5.99. The number of aryl methyl sites for hydroxylation is 1. The van der Waals surface area contributed by atoms with Gasteiger partial charge in [0.15, 0.2) is 0 Å². The van der Waals surface area contributed by atoms with Crippen molar-refractivity contribution in [3.8, 4) is 16.9 Å². The highest BCUT2D eigenvalue weighted by Crippen LogP contribution is 2.35. The first-order valence-electron chi connectivity index (χ1n) is 12.9. The number of rotatable bonds is 7. The van der Waals surface area contributed by atoms with Crippen molar-refractivity contribution in [1.29, 1.82) is 0 Å². The quantitative estimate of drug-likeness (QED) is 0.267. The van der Waals surface area contributed by atoms with E-state index in [2.05, 4.69) is 15.6 Å². The van der Waals surface area contributed by atoms with Gasteiger partial charge in [-0.25, -0.2) is 8.78 Å². The third-order valence-electron chi connectivity index (χ3n) is 6.96. The highest BCUT2D eigenvalue weighted by atomic mass is 19.1. The van der Waals surface area contributed by atoms with Crippen LogP contribution in [0, 0.1) is 11.6 Å². The number of aliphatic hydroxyl groups is 1. The number of fused-ring (bicyclic) bond motifs is 2. The summed E-state index contributed by atoms with van der Waals surface area (Å²) in [5, 5.41) is 16.8. The molecule has 0 radical (unpaired) electrons. The number of hydrogen-bond donors (Lipinski definition) is 4. The number of ether oxygens (including phenoxy) is 1. The van der Waals surface area contributed by atoms with E-state index in [1.807, 2.05) is 6.07 Å². The average Bonchev–Trinajstić information content (AvgIpc) is 3.19. The molecule has 3 aromatic carbocycles. The van der Waals surface area contributed by atoms with Crippen LogP contribution in [0.1, 0.15) is 57.2 Å². The molecule has 7 nitrogen and oxygen atoms in total. The van der Waals surface area contributed by atoms with E-state index >= 15 is 0 Å². The molecule has 1 aliphatic rings. The lowest BCUT2D eigenvalue weighted by Crippen LogP contribution is -2.26. The fourth-order valence-electron chi connectivity index (χ4n) is 4.97. The van der Waals surface area contributed by atoms with E-state index in [-0.39, 0.29) is 30.3 Å². The standard InChI is InChI=1S/C30H29F2N3O4/c1-33-29(37)20-11-18(12-22(32)13-20)19-10-17-4-2-3-9-39-28(17)24(14-19)30(38)34-8-7-27(36)25-16-35-26-15-21(31)5-6-23(25)26/h5-6,10-16,27,35-36H,2-4,7-9H2,1H3,(H,33,37)(H,34,38). The molecule has 2 amide bonds. The van der Waals surface area contributed by atoms with Crippen molar-refractivity contribution in [3.05, 3.63) is 88.6 Å². The van der Waals surface area contributed by atoms with E-state index in [0.717, 1.165) is 24.5 Å². The predicted molar refractivity (Wildman–Crippen MR) is 144 cm³/mol. The highest BCUT2D eigenvalue weighted by Gasteiger charge is 2.22. The summed E-state index contributed by atoms with van der Waals surface area (Å²) < 4.78 is 33.9. The van der Waals surface area contributed by atoms with Crippen LogP contribution in [-0.2, 0) is 6.42 Å². The van der Waals surface area contributed by atoms with Gasteiger partial charge in [-0.1, -0.05) is 0 Å². The second kappa shape index (κ2) is 11.2. The number of halogens is 2. The Bertz CT molecular complexity index is 1550.